The van der Waals surface area contributed by atoms with Crippen LogP contribution in [0.1, 0.15) is 6.92 Å². The van der Waals surface area contributed by atoms with Crippen molar-refractivity contribution in [2.45, 2.75) is 13.0 Å². The van der Waals surface area contributed by atoms with Crippen molar-refractivity contribution in [2.75, 3.05) is 0 Å². The van der Waals surface area contributed by atoms with Crippen molar-refractivity contribution < 1.29 is 37.4 Å². The van der Waals surface area contributed by atoms with Crippen molar-refractivity contribution in [3.05, 3.63) is 0 Å². The summed E-state index contributed by atoms with van der Waals surface area (Å²) < 4.78 is 0. The molecule has 1 N–H and O–H groups in total. The summed E-state index contributed by atoms with van der Waals surface area (Å²) in [6.45, 7) is 1.13. The Morgan fingerprint density at radius 1 is 1.86 bits per heavy atom. The molecule has 0 spiro atoms. The smallest absolute Gasteiger partial charge is 0.547 e. The molecule has 0 aliphatic rings. The van der Waals surface area contributed by atoms with Crippen LogP contribution in [0.15, 0.2) is 0 Å². The molecule has 7 heavy (non-hydrogen) atoms. The molecule has 3 nitrogen and oxygen atoms in total. The van der Waals surface area contributed by atoms with Crippen LogP contribution in [0.25, 0.3) is 0 Å². The standard InChI is InChI=1S/C3H6O3.Au/c1-2(4)3(5)6;/h2,4H,1H3,(H,5,6);/q;+1/p-1. The summed E-state index contributed by atoms with van der Waals surface area (Å²) in [6, 6.07) is 0. The van der Waals surface area contributed by atoms with Crippen LogP contribution < -0.4 is 5.11 Å². The Bertz CT molecular complexity index is 61.2. The summed E-state index contributed by atoms with van der Waals surface area (Å²) in [6.07, 6.45) is -1.34. The van der Waals surface area contributed by atoms with Crippen LogP contribution in [-0.4, -0.2) is 17.2 Å². The maximum absolute atomic E-state index is 9.34. The predicted molar refractivity (Wildman–Crippen MR) is 16.7 cm³/mol. The van der Waals surface area contributed by atoms with E-state index in [9.17, 15) is 9.90 Å². The van der Waals surface area contributed by atoms with E-state index in [1.54, 1.807) is 0 Å². The van der Waals surface area contributed by atoms with E-state index in [0.29, 0.717) is 0 Å². The summed E-state index contributed by atoms with van der Waals surface area (Å²) in [5.41, 5.74) is 0. The van der Waals surface area contributed by atoms with E-state index in [1.807, 2.05) is 0 Å². The molecule has 0 amide bonds. The molecule has 4 heteroatoms. The first-order valence-corrected chi connectivity index (χ1v) is 1.53. The van der Waals surface area contributed by atoms with Gasteiger partial charge in [0, 0.05) is 0 Å². The molecule has 0 heterocycles. The fraction of sp³-hybridized carbons (Fsp3) is 0.667. The molecule has 0 rings (SSSR count). The van der Waals surface area contributed by atoms with Crippen LogP contribution in [0, 0.1) is 0 Å². The summed E-state index contributed by atoms with van der Waals surface area (Å²) in [5, 5.41) is 17.3. The third-order valence-corrected chi connectivity index (χ3v) is 0.341. The van der Waals surface area contributed by atoms with Gasteiger partial charge in [-0.15, -0.1) is 0 Å². The van der Waals surface area contributed by atoms with Crippen LogP contribution in [0.4, 0.5) is 0 Å². The number of carbonyl (C=O) groups is 1. The SMILES string of the molecule is CC(O)C(=O)[O-].[Au+]. The second kappa shape index (κ2) is 4.33. The molecule has 0 radical (unpaired) electrons. The van der Waals surface area contributed by atoms with Crippen LogP contribution in [-0.2, 0) is 27.2 Å². The quantitative estimate of drug-likeness (QED) is 0.574. The number of hydrogen-bond acceptors (Lipinski definition) is 3. The van der Waals surface area contributed by atoms with Gasteiger partial charge in [-0.05, 0) is 6.92 Å². The van der Waals surface area contributed by atoms with Crippen molar-refractivity contribution in [3.8, 4) is 0 Å². The first-order chi connectivity index (χ1) is 2.64. The summed E-state index contributed by atoms with van der Waals surface area (Å²) in [7, 11) is 0. The molecule has 0 aliphatic carbocycles. The van der Waals surface area contributed by atoms with Gasteiger partial charge < -0.3 is 15.0 Å². The maximum atomic E-state index is 9.34. The zero-order valence-electron chi connectivity index (χ0n) is 3.64. The molecule has 0 aromatic rings. The van der Waals surface area contributed by atoms with E-state index < -0.39 is 12.1 Å². The minimum absolute atomic E-state index is 0. The van der Waals surface area contributed by atoms with Crippen molar-refractivity contribution in [3.63, 3.8) is 0 Å². The van der Waals surface area contributed by atoms with E-state index in [4.69, 9.17) is 5.11 Å². The van der Waals surface area contributed by atoms with E-state index in [-0.39, 0.29) is 22.4 Å². The molecule has 0 fully saturated rings. The van der Waals surface area contributed by atoms with Crippen molar-refractivity contribution in [1.82, 2.24) is 0 Å². The number of carboxylic acid groups (broad SMARTS) is 1. The number of aliphatic hydroxyl groups is 1. The van der Waals surface area contributed by atoms with Gasteiger partial charge in [0.2, 0.25) is 0 Å². The van der Waals surface area contributed by atoms with Crippen molar-refractivity contribution in [2.24, 2.45) is 0 Å². The van der Waals surface area contributed by atoms with Gasteiger partial charge in [0.05, 0.1) is 12.1 Å². The second-order valence-corrected chi connectivity index (χ2v) is 0.995. The van der Waals surface area contributed by atoms with Gasteiger partial charge in [0.1, 0.15) is 0 Å². The molecule has 0 aliphatic heterocycles. The van der Waals surface area contributed by atoms with Gasteiger partial charge >= 0.3 is 22.4 Å². The molecule has 0 saturated carbocycles. The average molecular weight is 286 g/mol. The average Bonchev–Trinajstić information content (AvgIpc) is 1.36. The molecular formula is C3H5AuO3. The van der Waals surface area contributed by atoms with Crippen LogP contribution in [0.3, 0.4) is 0 Å². The van der Waals surface area contributed by atoms with E-state index in [1.165, 1.54) is 0 Å². The molecular weight excluding hydrogens is 281 g/mol. The normalized spacial score (nSPS) is 11.7. The van der Waals surface area contributed by atoms with Gasteiger partial charge in [-0.3, -0.25) is 0 Å². The van der Waals surface area contributed by atoms with Gasteiger partial charge in [0.15, 0.2) is 0 Å². The largest absolute Gasteiger partial charge is 1.00 e. The molecule has 1 atom stereocenters. The summed E-state index contributed by atoms with van der Waals surface area (Å²) >= 11 is 0. The fourth-order valence-electron chi connectivity index (χ4n) is 0. The fourth-order valence-corrected chi connectivity index (χ4v) is 0. The second-order valence-electron chi connectivity index (χ2n) is 0.995. The molecule has 1 unspecified atom stereocenters. The van der Waals surface area contributed by atoms with Gasteiger partial charge in [-0.2, -0.15) is 0 Å². The Hall–Kier alpha value is 0.170. The number of carbonyl (C=O) groups excluding carboxylic acids is 1. The van der Waals surface area contributed by atoms with Crippen LogP contribution in [0.2, 0.25) is 0 Å². The molecule has 46 valence electrons. The third kappa shape index (κ3) is 6.17. The molecule has 0 saturated heterocycles. The summed E-state index contributed by atoms with van der Waals surface area (Å²) in [4.78, 5) is 9.34. The zero-order valence-corrected chi connectivity index (χ0v) is 5.81. The first-order valence-electron chi connectivity index (χ1n) is 1.53. The van der Waals surface area contributed by atoms with Gasteiger partial charge in [-0.25, -0.2) is 0 Å². The number of hydrogen-bond donors (Lipinski definition) is 1. The molecule has 0 aromatic carbocycles. The molecule has 0 bridgehead atoms. The van der Waals surface area contributed by atoms with Gasteiger partial charge in [-0.1, -0.05) is 0 Å². The monoisotopic (exact) mass is 286 g/mol. The van der Waals surface area contributed by atoms with E-state index in [0.717, 1.165) is 6.92 Å². The summed E-state index contributed by atoms with van der Waals surface area (Å²) in [5.74, 6) is -1.44. The number of aliphatic hydroxyl groups excluding tert-OH is 1. The number of rotatable bonds is 1. The van der Waals surface area contributed by atoms with Crippen LogP contribution in [0.5, 0.6) is 0 Å². The van der Waals surface area contributed by atoms with Crippen LogP contribution >= 0.6 is 0 Å². The Morgan fingerprint density at radius 2 is 2.00 bits per heavy atom. The Morgan fingerprint density at radius 3 is 2.00 bits per heavy atom. The van der Waals surface area contributed by atoms with E-state index in [2.05, 4.69) is 0 Å². The topological polar surface area (TPSA) is 60.4 Å². The minimum Gasteiger partial charge on any atom is -0.547 e. The van der Waals surface area contributed by atoms with Crippen molar-refractivity contribution in [1.29, 1.82) is 0 Å². The Kier molecular flexibility index (Phi) is 6.32. The minimum atomic E-state index is -1.44. The van der Waals surface area contributed by atoms with E-state index >= 15 is 0 Å². The first kappa shape index (κ1) is 10.2. The Balaban J connectivity index is 0. The van der Waals surface area contributed by atoms with Crippen molar-refractivity contribution >= 4 is 5.97 Å². The predicted octanol–water partition coefficient (Wildman–Crippen LogP) is -1.89. The molecule has 0 aromatic heterocycles. The zero-order chi connectivity index (χ0) is 5.15. The number of aliphatic carboxylic acids is 1. The Labute approximate surface area is 56.9 Å². The maximum Gasteiger partial charge on any atom is 1.00 e. The number of carboxylic acids is 1. The van der Waals surface area contributed by atoms with Gasteiger partial charge in [0.25, 0.3) is 0 Å². The third-order valence-electron chi connectivity index (χ3n) is 0.341.